The van der Waals surface area contributed by atoms with E-state index in [0.717, 1.165) is 42.7 Å². The summed E-state index contributed by atoms with van der Waals surface area (Å²) in [6.45, 7) is 8.36. The highest BCUT2D eigenvalue weighted by molar-refractivity contribution is 5.94. The van der Waals surface area contributed by atoms with Crippen LogP contribution in [0.3, 0.4) is 0 Å². The van der Waals surface area contributed by atoms with E-state index < -0.39 is 0 Å². The zero-order chi connectivity index (χ0) is 17.7. The lowest BCUT2D eigenvalue weighted by atomic mass is 9.99. The van der Waals surface area contributed by atoms with Crippen LogP contribution < -0.4 is 5.32 Å². The Morgan fingerprint density at radius 1 is 1.17 bits per heavy atom. The Labute approximate surface area is 145 Å². The molecule has 5 heteroatoms. The zero-order valence-electron chi connectivity index (χ0n) is 15.3. The monoisotopic (exact) mass is 331 g/mol. The van der Waals surface area contributed by atoms with Gasteiger partial charge >= 0.3 is 0 Å². The molecule has 1 aliphatic heterocycles. The Hall–Kier alpha value is -1.88. The molecule has 0 spiro atoms. The summed E-state index contributed by atoms with van der Waals surface area (Å²) in [7, 11) is 1.81. The number of para-hydroxylation sites is 1. The van der Waals surface area contributed by atoms with Crippen LogP contribution in [0, 0.1) is 19.8 Å². The highest BCUT2D eigenvalue weighted by atomic mass is 16.2. The van der Waals surface area contributed by atoms with E-state index in [1.807, 2.05) is 44.0 Å². The summed E-state index contributed by atoms with van der Waals surface area (Å²) >= 11 is 0. The third-order valence-electron chi connectivity index (χ3n) is 4.70. The summed E-state index contributed by atoms with van der Waals surface area (Å²) < 4.78 is 0. The van der Waals surface area contributed by atoms with E-state index >= 15 is 0 Å². The number of likely N-dealkylation sites (N-methyl/N-ethyl adjacent to an activating group) is 1. The van der Waals surface area contributed by atoms with Gasteiger partial charge < -0.3 is 10.2 Å². The Balaban J connectivity index is 1.82. The molecule has 0 aromatic heterocycles. The quantitative estimate of drug-likeness (QED) is 0.901. The minimum absolute atomic E-state index is 0.0880. The molecule has 0 radical (unpaired) electrons. The molecule has 0 saturated carbocycles. The number of aryl methyl sites for hydroxylation is 2. The summed E-state index contributed by atoms with van der Waals surface area (Å²) in [5.41, 5.74) is 2.96. The lowest BCUT2D eigenvalue weighted by molar-refractivity contribution is -0.133. The van der Waals surface area contributed by atoms with E-state index in [1.54, 1.807) is 4.90 Å². The molecule has 1 N–H and O–H groups in total. The van der Waals surface area contributed by atoms with E-state index in [1.165, 1.54) is 0 Å². The third-order valence-corrected chi connectivity index (χ3v) is 4.70. The average Bonchev–Trinajstić information content (AvgIpc) is 2.51. The fraction of sp³-hybridized carbons (Fsp3) is 0.579. The predicted octanol–water partition coefficient (Wildman–Crippen LogP) is 2.43. The van der Waals surface area contributed by atoms with Crippen molar-refractivity contribution in [3.05, 3.63) is 29.3 Å². The van der Waals surface area contributed by atoms with Crippen LogP contribution in [0.15, 0.2) is 18.2 Å². The maximum absolute atomic E-state index is 12.3. The van der Waals surface area contributed by atoms with Gasteiger partial charge in [-0.2, -0.15) is 0 Å². The van der Waals surface area contributed by atoms with Crippen molar-refractivity contribution in [1.29, 1.82) is 0 Å². The molecule has 5 nitrogen and oxygen atoms in total. The topological polar surface area (TPSA) is 52.7 Å². The molecule has 0 bridgehead atoms. The largest absolute Gasteiger partial charge is 0.342 e. The second-order valence-corrected chi connectivity index (χ2v) is 7.05. The van der Waals surface area contributed by atoms with Crippen LogP contribution in [0.4, 0.5) is 5.69 Å². The number of piperidine rings is 1. The number of amides is 2. The number of nitrogens with zero attached hydrogens (tertiary/aromatic N) is 2. The number of carbonyl (C=O) groups is 2. The highest BCUT2D eigenvalue weighted by Crippen LogP contribution is 2.19. The van der Waals surface area contributed by atoms with Crippen molar-refractivity contribution in [2.75, 3.05) is 38.5 Å². The average molecular weight is 331 g/mol. The molecule has 24 heavy (non-hydrogen) atoms. The lowest BCUT2D eigenvalue weighted by Gasteiger charge is -2.31. The summed E-state index contributed by atoms with van der Waals surface area (Å²) in [4.78, 5) is 28.3. The number of rotatable bonds is 5. The fourth-order valence-electron chi connectivity index (χ4n) is 3.08. The number of likely N-dealkylation sites (tertiary alicyclic amines) is 1. The number of benzene rings is 1. The normalized spacial score (nSPS) is 15.6. The number of nitrogens with one attached hydrogen (secondary N) is 1. The Morgan fingerprint density at radius 2 is 1.75 bits per heavy atom. The minimum Gasteiger partial charge on any atom is -0.342 e. The molecule has 0 unspecified atom stereocenters. The first-order valence-electron chi connectivity index (χ1n) is 8.69. The SMILES string of the molecule is Cc1cccc(C)c1NC(=O)CN(C)CC(=O)N1CCC(C)CC1. The second kappa shape index (κ2) is 8.29. The van der Waals surface area contributed by atoms with Crippen LogP contribution in [0.2, 0.25) is 0 Å². The van der Waals surface area contributed by atoms with Crippen LogP contribution in [0.1, 0.15) is 30.9 Å². The maximum atomic E-state index is 12.3. The Bertz CT molecular complexity index is 572. The Kier molecular flexibility index (Phi) is 6.37. The summed E-state index contributed by atoms with van der Waals surface area (Å²) in [6.07, 6.45) is 2.14. The first-order chi connectivity index (χ1) is 11.4. The first kappa shape index (κ1) is 18.5. The van der Waals surface area contributed by atoms with Crippen LogP contribution >= 0.6 is 0 Å². The summed E-state index contributed by atoms with van der Waals surface area (Å²) in [5.74, 6) is 0.731. The molecule has 2 rings (SSSR count). The van der Waals surface area contributed by atoms with Crippen molar-refractivity contribution >= 4 is 17.5 Å². The van der Waals surface area contributed by atoms with Crippen molar-refractivity contribution < 1.29 is 9.59 Å². The summed E-state index contributed by atoms with van der Waals surface area (Å²) in [6, 6.07) is 5.94. The molecule has 1 fully saturated rings. The molecular formula is C19H29N3O2. The van der Waals surface area contributed by atoms with Gasteiger partial charge in [0.15, 0.2) is 0 Å². The van der Waals surface area contributed by atoms with Gasteiger partial charge in [-0.1, -0.05) is 25.1 Å². The van der Waals surface area contributed by atoms with Gasteiger partial charge in [-0.3, -0.25) is 14.5 Å². The van der Waals surface area contributed by atoms with Gasteiger partial charge in [-0.25, -0.2) is 0 Å². The van der Waals surface area contributed by atoms with Crippen molar-refractivity contribution in [2.24, 2.45) is 5.92 Å². The number of hydrogen-bond donors (Lipinski definition) is 1. The van der Waals surface area contributed by atoms with E-state index in [9.17, 15) is 9.59 Å². The van der Waals surface area contributed by atoms with E-state index in [2.05, 4.69) is 12.2 Å². The van der Waals surface area contributed by atoms with Crippen LogP contribution in [0.25, 0.3) is 0 Å². The highest BCUT2D eigenvalue weighted by Gasteiger charge is 2.21. The van der Waals surface area contributed by atoms with Crippen molar-refractivity contribution in [1.82, 2.24) is 9.80 Å². The van der Waals surface area contributed by atoms with Crippen LogP contribution in [-0.4, -0.2) is 54.8 Å². The van der Waals surface area contributed by atoms with Crippen LogP contribution in [-0.2, 0) is 9.59 Å². The number of carbonyl (C=O) groups excluding carboxylic acids is 2. The molecule has 1 aromatic rings. The maximum Gasteiger partial charge on any atom is 0.238 e. The smallest absolute Gasteiger partial charge is 0.238 e. The molecule has 1 heterocycles. The van der Waals surface area contributed by atoms with Gasteiger partial charge in [0.1, 0.15) is 0 Å². The minimum atomic E-state index is -0.0880. The predicted molar refractivity (Wildman–Crippen MR) is 97.0 cm³/mol. The first-order valence-corrected chi connectivity index (χ1v) is 8.69. The van der Waals surface area contributed by atoms with Crippen molar-refractivity contribution in [3.63, 3.8) is 0 Å². The van der Waals surface area contributed by atoms with Gasteiger partial charge in [-0.05, 0) is 50.8 Å². The second-order valence-electron chi connectivity index (χ2n) is 7.05. The fourth-order valence-corrected chi connectivity index (χ4v) is 3.08. The van der Waals surface area contributed by atoms with Gasteiger partial charge in [0.25, 0.3) is 0 Å². The third kappa shape index (κ3) is 5.06. The van der Waals surface area contributed by atoms with Crippen molar-refractivity contribution in [2.45, 2.75) is 33.6 Å². The van der Waals surface area contributed by atoms with Gasteiger partial charge in [-0.15, -0.1) is 0 Å². The molecule has 0 aliphatic carbocycles. The zero-order valence-corrected chi connectivity index (χ0v) is 15.3. The van der Waals surface area contributed by atoms with Crippen molar-refractivity contribution in [3.8, 4) is 0 Å². The van der Waals surface area contributed by atoms with Gasteiger partial charge in [0, 0.05) is 18.8 Å². The number of hydrogen-bond acceptors (Lipinski definition) is 3. The van der Waals surface area contributed by atoms with E-state index in [-0.39, 0.29) is 24.9 Å². The molecule has 1 aliphatic rings. The van der Waals surface area contributed by atoms with Gasteiger partial charge in [0.2, 0.25) is 11.8 Å². The summed E-state index contributed by atoms with van der Waals surface area (Å²) in [5, 5.41) is 2.96. The molecular weight excluding hydrogens is 302 g/mol. The molecule has 0 atom stereocenters. The van der Waals surface area contributed by atoms with Gasteiger partial charge in [0.05, 0.1) is 13.1 Å². The Morgan fingerprint density at radius 3 is 2.33 bits per heavy atom. The number of anilines is 1. The lowest BCUT2D eigenvalue weighted by Crippen LogP contribution is -2.44. The van der Waals surface area contributed by atoms with Crippen LogP contribution in [0.5, 0.6) is 0 Å². The molecule has 132 valence electrons. The molecule has 1 saturated heterocycles. The van der Waals surface area contributed by atoms with E-state index in [0.29, 0.717) is 5.92 Å². The van der Waals surface area contributed by atoms with E-state index in [4.69, 9.17) is 0 Å². The molecule has 2 amide bonds. The molecule has 1 aromatic carbocycles. The standard InChI is InChI=1S/C19H29N3O2/c1-14-8-10-22(11-9-14)18(24)13-21(4)12-17(23)20-19-15(2)6-5-7-16(19)3/h5-7,14H,8-13H2,1-4H3,(H,20,23).